The summed E-state index contributed by atoms with van der Waals surface area (Å²) in [4.78, 5) is 56.3. The van der Waals surface area contributed by atoms with Gasteiger partial charge in [-0.1, -0.05) is 36.4 Å². The van der Waals surface area contributed by atoms with Crippen LogP contribution in [0.3, 0.4) is 0 Å². The second-order valence-electron chi connectivity index (χ2n) is 10.7. The van der Waals surface area contributed by atoms with E-state index in [1.165, 1.54) is 4.90 Å². The maximum Gasteiger partial charge on any atom is 0.327 e. The van der Waals surface area contributed by atoms with Crippen molar-refractivity contribution < 1.29 is 29.0 Å². The first-order chi connectivity index (χ1) is 18.9. The van der Waals surface area contributed by atoms with Gasteiger partial charge in [-0.25, -0.2) is 14.5 Å². The van der Waals surface area contributed by atoms with Gasteiger partial charge in [0.15, 0.2) is 6.04 Å². The van der Waals surface area contributed by atoms with Gasteiger partial charge in [-0.15, -0.1) is 0 Å². The first kappa shape index (κ1) is 25.4. The second-order valence-corrected chi connectivity index (χ2v) is 10.7. The molecule has 0 bridgehead atoms. The van der Waals surface area contributed by atoms with Gasteiger partial charge in [0.1, 0.15) is 11.5 Å². The number of β-lactam (4-membered cyclic amide) rings is 1. The van der Waals surface area contributed by atoms with Crippen LogP contribution in [0.25, 0.3) is 0 Å². The van der Waals surface area contributed by atoms with Crippen LogP contribution in [-0.4, -0.2) is 88.9 Å². The molecule has 4 amide bonds. The number of rotatable bonds is 4. The molecule has 0 aliphatic carbocycles. The summed E-state index contributed by atoms with van der Waals surface area (Å²) < 4.78 is 6.02. The van der Waals surface area contributed by atoms with Crippen LogP contribution in [0.15, 0.2) is 48.5 Å². The highest BCUT2D eigenvalue weighted by molar-refractivity contribution is 6.07. The number of likely N-dealkylation sites (tertiary alicyclic amines) is 1. The molecule has 2 aromatic rings. The fourth-order valence-corrected chi connectivity index (χ4v) is 6.38. The molecule has 39 heavy (non-hydrogen) atoms. The van der Waals surface area contributed by atoms with Crippen LogP contribution in [0, 0.1) is 11.8 Å². The van der Waals surface area contributed by atoms with Crippen LogP contribution >= 0.6 is 0 Å². The fraction of sp³-hybridized carbons (Fsp3) is 0.448. The quantitative estimate of drug-likeness (QED) is 0.581. The Hall–Kier alpha value is -3.92. The van der Waals surface area contributed by atoms with E-state index in [4.69, 9.17) is 4.74 Å². The Morgan fingerprint density at radius 1 is 0.872 bits per heavy atom. The van der Waals surface area contributed by atoms with Gasteiger partial charge in [-0.05, 0) is 50.4 Å². The lowest BCUT2D eigenvalue weighted by Gasteiger charge is -2.47. The van der Waals surface area contributed by atoms with Crippen molar-refractivity contribution in [2.45, 2.75) is 31.2 Å². The van der Waals surface area contributed by atoms with Crippen LogP contribution in [0.5, 0.6) is 11.5 Å². The molecule has 204 valence electrons. The lowest BCUT2D eigenvalue weighted by molar-refractivity contribution is -0.167. The predicted molar refractivity (Wildman–Crippen MR) is 140 cm³/mol. The molecule has 2 N–H and O–H groups in total. The smallest absolute Gasteiger partial charge is 0.327 e. The van der Waals surface area contributed by atoms with E-state index in [-0.39, 0.29) is 24.9 Å². The Bertz CT molecular complexity index is 1250. The number of carbonyl (C=O) groups is 4. The van der Waals surface area contributed by atoms with Crippen molar-refractivity contribution in [3.05, 3.63) is 59.7 Å². The number of fused-ring (bicyclic) bond motifs is 2. The van der Waals surface area contributed by atoms with Crippen LogP contribution in [-0.2, 0) is 14.4 Å². The number of nitrogens with one attached hydrogen (secondary N) is 1. The molecular weight excluding hydrogens is 500 g/mol. The summed E-state index contributed by atoms with van der Waals surface area (Å²) in [5, 5.41) is 13.1. The molecule has 10 nitrogen and oxygen atoms in total. The minimum atomic E-state index is -1.15. The number of piperidine rings is 1. The second kappa shape index (κ2) is 10.3. The third-order valence-electron chi connectivity index (χ3n) is 8.51. The number of ether oxygens (including phenoxy) is 1. The van der Waals surface area contributed by atoms with Crippen LogP contribution in [0.2, 0.25) is 0 Å². The zero-order chi connectivity index (χ0) is 27.1. The number of imide groups is 1. The highest BCUT2D eigenvalue weighted by Crippen LogP contribution is 2.45. The maximum atomic E-state index is 13.8. The molecule has 0 radical (unpaired) electrons. The third kappa shape index (κ3) is 4.52. The number of hydrogen-bond donors (Lipinski definition) is 2. The maximum absolute atomic E-state index is 13.8. The first-order valence-electron chi connectivity index (χ1n) is 13.6. The van der Waals surface area contributed by atoms with E-state index in [1.54, 1.807) is 4.90 Å². The average molecular weight is 533 g/mol. The van der Waals surface area contributed by atoms with Gasteiger partial charge in [0.05, 0.1) is 11.8 Å². The van der Waals surface area contributed by atoms with Gasteiger partial charge in [0.2, 0.25) is 11.8 Å². The van der Waals surface area contributed by atoms with Crippen LogP contribution < -0.4 is 10.1 Å². The number of urea groups is 1. The monoisotopic (exact) mass is 532 g/mol. The number of benzene rings is 2. The molecule has 3 fully saturated rings. The van der Waals surface area contributed by atoms with Gasteiger partial charge < -0.3 is 25.0 Å². The number of para-hydroxylation sites is 2. The average Bonchev–Trinajstić information content (AvgIpc) is 2.97. The molecule has 3 saturated heterocycles. The topological polar surface area (TPSA) is 119 Å². The standard InChI is InChI=1S/C29H32N4O6/c34-26-21(17-18-9-11-30-12-10-18)25(28(36)37)33(26)29(38)32-15-13-31(14-16-32)27(35)24-19-5-1-3-7-22(19)39-23-8-4-2-6-20(23)24/h1-8,18,21,24-25,30H,9-17H2,(H,36,37)/t21-,25+/m1/s1. The Morgan fingerprint density at radius 2 is 1.44 bits per heavy atom. The molecule has 4 aliphatic rings. The van der Waals surface area contributed by atoms with Crippen molar-refractivity contribution >= 4 is 23.8 Å². The van der Waals surface area contributed by atoms with Crippen LogP contribution in [0.4, 0.5) is 4.79 Å². The Kier molecular flexibility index (Phi) is 6.72. The summed E-state index contributed by atoms with van der Waals surface area (Å²) in [6.45, 7) is 2.77. The number of aliphatic carboxylic acids is 1. The molecule has 0 unspecified atom stereocenters. The van der Waals surface area contributed by atoms with Crippen molar-refractivity contribution in [2.75, 3.05) is 39.3 Å². The summed E-state index contributed by atoms with van der Waals surface area (Å²) >= 11 is 0. The van der Waals surface area contributed by atoms with E-state index in [0.717, 1.165) is 42.0 Å². The van der Waals surface area contributed by atoms with Gasteiger partial charge in [-0.2, -0.15) is 0 Å². The van der Waals surface area contributed by atoms with Gasteiger partial charge >= 0.3 is 12.0 Å². The van der Waals surface area contributed by atoms with Gasteiger partial charge in [-0.3, -0.25) is 9.59 Å². The zero-order valence-electron chi connectivity index (χ0n) is 21.6. The molecule has 6 rings (SSSR count). The molecule has 4 aliphatic heterocycles. The van der Waals surface area contributed by atoms with E-state index in [0.29, 0.717) is 31.0 Å². The van der Waals surface area contributed by atoms with Crippen molar-refractivity contribution in [1.29, 1.82) is 0 Å². The largest absolute Gasteiger partial charge is 0.480 e. The number of carboxylic acid groups (broad SMARTS) is 1. The molecule has 0 saturated carbocycles. The lowest BCUT2D eigenvalue weighted by Crippen LogP contribution is -2.69. The molecular formula is C29H32N4O6. The van der Waals surface area contributed by atoms with Crippen LogP contribution in [0.1, 0.15) is 36.3 Å². The van der Waals surface area contributed by atoms with Crippen molar-refractivity contribution in [2.24, 2.45) is 11.8 Å². The number of carbonyl (C=O) groups excluding carboxylic acids is 3. The summed E-state index contributed by atoms with van der Waals surface area (Å²) in [7, 11) is 0. The van der Waals surface area contributed by atoms with E-state index in [1.807, 2.05) is 48.5 Å². The lowest BCUT2D eigenvalue weighted by atomic mass is 9.78. The Balaban J connectivity index is 1.12. The summed E-state index contributed by atoms with van der Waals surface area (Å²) in [5.41, 5.74) is 1.60. The molecule has 10 heteroatoms. The number of amides is 4. The summed E-state index contributed by atoms with van der Waals surface area (Å²) in [6.07, 6.45) is 2.31. The van der Waals surface area contributed by atoms with Crippen molar-refractivity contribution in [3.63, 3.8) is 0 Å². The van der Waals surface area contributed by atoms with E-state index >= 15 is 0 Å². The SMILES string of the molecule is O=C(O)[C@@H]1[C@@H](CC2CCNCC2)C(=O)N1C(=O)N1CCN(C(=O)C2c3ccccc3Oc3ccccc32)CC1. The minimum Gasteiger partial charge on any atom is -0.480 e. The van der Waals surface area contributed by atoms with E-state index in [9.17, 15) is 24.3 Å². The number of hydrogen-bond acceptors (Lipinski definition) is 6. The molecule has 0 aromatic heterocycles. The van der Waals surface area contributed by atoms with Gasteiger partial charge in [0.25, 0.3) is 0 Å². The Labute approximate surface area is 226 Å². The Morgan fingerprint density at radius 3 is 2.03 bits per heavy atom. The van der Waals surface area contributed by atoms with Crippen molar-refractivity contribution in [3.8, 4) is 11.5 Å². The van der Waals surface area contributed by atoms with E-state index in [2.05, 4.69) is 5.32 Å². The predicted octanol–water partition coefficient (Wildman–Crippen LogP) is 2.49. The number of nitrogens with zero attached hydrogens (tertiary/aromatic N) is 3. The highest BCUT2D eigenvalue weighted by Gasteiger charge is 2.56. The summed E-state index contributed by atoms with van der Waals surface area (Å²) in [6, 6.07) is 13.3. The van der Waals surface area contributed by atoms with E-state index < -0.39 is 35.8 Å². The molecule has 2 aromatic carbocycles. The number of piperazine rings is 1. The minimum absolute atomic E-state index is 0.0734. The van der Waals surface area contributed by atoms with Gasteiger partial charge in [0, 0.05) is 37.3 Å². The normalized spacial score (nSPS) is 23.4. The molecule has 4 heterocycles. The third-order valence-corrected chi connectivity index (χ3v) is 8.51. The zero-order valence-corrected chi connectivity index (χ0v) is 21.6. The molecule has 2 atom stereocenters. The fourth-order valence-electron chi connectivity index (χ4n) is 6.38. The first-order valence-corrected chi connectivity index (χ1v) is 13.6. The summed E-state index contributed by atoms with van der Waals surface area (Å²) in [5.74, 6) is -1.21. The highest BCUT2D eigenvalue weighted by atomic mass is 16.5. The van der Waals surface area contributed by atoms with Crippen molar-refractivity contribution in [1.82, 2.24) is 20.0 Å². The molecule has 0 spiro atoms. The number of carboxylic acids is 1.